The molecule has 0 aromatic heterocycles. The molecule has 2 aromatic rings. The summed E-state index contributed by atoms with van der Waals surface area (Å²) in [6, 6.07) is 6.56. The quantitative estimate of drug-likeness (QED) is 0.199. The number of carboxylic acids is 1. The molecule has 3 aliphatic heterocycles. The van der Waals surface area contributed by atoms with Gasteiger partial charge in [0.05, 0.1) is 0 Å². The first-order valence-electron chi connectivity index (χ1n) is 13.6. The van der Waals surface area contributed by atoms with Gasteiger partial charge < -0.3 is 54.9 Å². The second-order valence-corrected chi connectivity index (χ2v) is 10.7. The summed E-state index contributed by atoms with van der Waals surface area (Å²) in [4.78, 5) is 11.3. The minimum absolute atomic E-state index is 0.0645. The standard InChI is InChI=1S/C28H33F2NO11/c29-14-3-6-18-12(7-14)1-4-19(39-18)16(32)10-31-11-17(33)20-5-2-13-8-15(30)22(9-21(13)40-20)41-28-25(36)23(34)24(35)26(42-28)27(37)38/h3,6-9,16-17,19-20,23-26,28,31-36H,1-2,4-5,10-11H2,(H,37,38). The number of hydrogen-bond donors (Lipinski definition) is 7. The SMILES string of the molecule is O=C(O)C1OC(Oc2cc3c(cc2F)CCC(C(O)CNCC(O)C2CCc4cc(F)ccc4O2)O3)C(O)C(O)C1O. The molecule has 3 aliphatic rings. The van der Waals surface area contributed by atoms with E-state index in [1.54, 1.807) is 0 Å². The average Bonchev–Trinajstić information content (AvgIpc) is 2.96. The smallest absolute Gasteiger partial charge is 0.335 e. The Morgan fingerprint density at radius 2 is 1.52 bits per heavy atom. The molecule has 7 N–H and O–H groups in total. The average molecular weight is 598 g/mol. The van der Waals surface area contributed by atoms with Crippen molar-refractivity contribution in [1.29, 1.82) is 0 Å². The molecule has 2 aromatic carbocycles. The van der Waals surface area contributed by atoms with E-state index in [-0.39, 0.29) is 24.7 Å². The number of nitrogens with one attached hydrogen (secondary N) is 1. The van der Waals surface area contributed by atoms with E-state index in [0.717, 1.165) is 11.6 Å². The summed E-state index contributed by atoms with van der Waals surface area (Å²) in [7, 11) is 0. The summed E-state index contributed by atoms with van der Waals surface area (Å²) in [5.41, 5.74) is 1.23. The zero-order valence-electron chi connectivity index (χ0n) is 22.3. The Balaban J connectivity index is 1.15. The lowest BCUT2D eigenvalue weighted by Crippen LogP contribution is -2.61. The molecular formula is C28H33F2NO11. The van der Waals surface area contributed by atoms with Gasteiger partial charge in [0.15, 0.2) is 17.7 Å². The summed E-state index contributed by atoms with van der Waals surface area (Å²) in [6.45, 7) is 0.182. The maximum Gasteiger partial charge on any atom is 0.335 e. The van der Waals surface area contributed by atoms with Crippen molar-refractivity contribution in [1.82, 2.24) is 5.32 Å². The Bertz CT molecular complexity index is 1280. The molecule has 14 heteroatoms. The van der Waals surface area contributed by atoms with E-state index >= 15 is 0 Å². The topological polar surface area (TPSA) is 187 Å². The number of aliphatic hydroxyl groups excluding tert-OH is 5. The van der Waals surface area contributed by atoms with Crippen LogP contribution in [0.2, 0.25) is 0 Å². The van der Waals surface area contributed by atoms with Crippen molar-refractivity contribution >= 4 is 5.97 Å². The molecule has 12 nitrogen and oxygen atoms in total. The maximum atomic E-state index is 14.8. The Hall–Kier alpha value is -3.11. The number of halogens is 2. The molecular weight excluding hydrogens is 564 g/mol. The van der Waals surface area contributed by atoms with E-state index in [2.05, 4.69) is 5.32 Å². The first-order valence-corrected chi connectivity index (χ1v) is 13.6. The summed E-state index contributed by atoms with van der Waals surface area (Å²) in [5.74, 6) is -2.55. The van der Waals surface area contributed by atoms with E-state index in [4.69, 9.17) is 18.9 Å². The molecule has 9 unspecified atom stereocenters. The Kier molecular flexibility index (Phi) is 9.13. The van der Waals surface area contributed by atoms with E-state index in [0.29, 0.717) is 37.0 Å². The third-order valence-corrected chi connectivity index (χ3v) is 7.71. The number of carboxylic acid groups (broad SMARTS) is 1. The van der Waals surface area contributed by atoms with Gasteiger partial charge in [0, 0.05) is 19.2 Å². The number of benzene rings is 2. The van der Waals surface area contributed by atoms with E-state index in [9.17, 15) is 44.2 Å². The fraction of sp³-hybridized carbons (Fsp3) is 0.536. The van der Waals surface area contributed by atoms with Gasteiger partial charge in [-0.25, -0.2) is 13.6 Å². The second kappa shape index (κ2) is 12.6. The molecule has 9 atom stereocenters. The number of ether oxygens (including phenoxy) is 4. The van der Waals surface area contributed by atoms with Gasteiger partial charge in [-0.3, -0.25) is 0 Å². The molecule has 0 saturated carbocycles. The van der Waals surface area contributed by atoms with Gasteiger partial charge in [-0.2, -0.15) is 0 Å². The fourth-order valence-electron chi connectivity index (χ4n) is 5.33. The number of carbonyl (C=O) groups is 1. The second-order valence-electron chi connectivity index (χ2n) is 10.7. The van der Waals surface area contributed by atoms with Crippen LogP contribution in [0.5, 0.6) is 17.2 Å². The lowest BCUT2D eigenvalue weighted by atomic mass is 9.97. The van der Waals surface area contributed by atoms with Crippen LogP contribution in [0.25, 0.3) is 0 Å². The number of aliphatic carboxylic acids is 1. The lowest BCUT2D eigenvalue weighted by Gasteiger charge is -2.38. The van der Waals surface area contributed by atoms with Gasteiger partial charge in [-0.1, -0.05) is 0 Å². The monoisotopic (exact) mass is 597 g/mol. The van der Waals surface area contributed by atoms with Crippen molar-refractivity contribution < 1.29 is 63.2 Å². The highest BCUT2D eigenvalue weighted by Gasteiger charge is 2.48. The first kappa shape index (κ1) is 30.4. The maximum absolute atomic E-state index is 14.8. The van der Waals surface area contributed by atoms with Crippen LogP contribution in [0.3, 0.4) is 0 Å². The molecule has 0 radical (unpaired) electrons. The third kappa shape index (κ3) is 6.44. The number of aliphatic hydroxyl groups is 5. The van der Waals surface area contributed by atoms with Crippen molar-refractivity contribution in [2.24, 2.45) is 0 Å². The van der Waals surface area contributed by atoms with Crippen LogP contribution in [0, 0.1) is 11.6 Å². The Labute approximate surface area is 239 Å². The molecule has 230 valence electrons. The van der Waals surface area contributed by atoms with Gasteiger partial charge >= 0.3 is 5.97 Å². The summed E-state index contributed by atoms with van der Waals surface area (Å²) >= 11 is 0. The lowest BCUT2D eigenvalue weighted by molar-refractivity contribution is -0.271. The molecule has 42 heavy (non-hydrogen) atoms. The summed E-state index contributed by atoms with van der Waals surface area (Å²) in [5, 5.41) is 63.5. The third-order valence-electron chi connectivity index (χ3n) is 7.71. The molecule has 0 spiro atoms. The van der Waals surface area contributed by atoms with Crippen LogP contribution < -0.4 is 19.5 Å². The molecule has 5 rings (SSSR count). The molecule has 1 saturated heterocycles. The summed E-state index contributed by atoms with van der Waals surface area (Å²) < 4.78 is 50.3. The van der Waals surface area contributed by atoms with E-state index in [1.165, 1.54) is 24.3 Å². The van der Waals surface area contributed by atoms with E-state index < -0.39 is 72.7 Å². The highest BCUT2D eigenvalue weighted by Crippen LogP contribution is 2.36. The van der Waals surface area contributed by atoms with Crippen molar-refractivity contribution in [2.45, 2.75) is 80.8 Å². The minimum Gasteiger partial charge on any atom is -0.487 e. The fourth-order valence-corrected chi connectivity index (χ4v) is 5.33. The molecule has 0 bridgehead atoms. The predicted octanol–water partition coefficient (Wildman–Crippen LogP) is -0.365. The molecule has 0 aliphatic carbocycles. The molecule has 0 amide bonds. The van der Waals surface area contributed by atoms with Gasteiger partial charge in [0.25, 0.3) is 0 Å². The Morgan fingerprint density at radius 3 is 2.17 bits per heavy atom. The number of hydrogen-bond acceptors (Lipinski definition) is 11. The van der Waals surface area contributed by atoms with Crippen LogP contribution in [0.1, 0.15) is 24.0 Å². The normalized spacial score (nSPS) is 30.2. The van der Waals surface area contributed by atoms with Crippen LogP contribution >= 0.6 is 0 Å². The van der Waals surface area contributed by atoms with Crippen molar-refractivity contribution in [2.75, 3.05) is 13.1 Å². The van der Waals surface area contributed by atoms with Crippen molar-refractivity contribution in [3.63, 3.8) is 0 Å². The predicted molar refractivity (Wildman–Crippen MR) is 138 cm³/mol. The number of fused-ring (bicyclic) bond motifs is 2. The van der Waals surface area contributed by atoms with E-state index in [1.807, 2.05) is 0 Å². The van der Waals surface area contributed by atoms with Gasteiger partial charge in [0.2, 0.25) is 6.29 Å². The number of aryl methyl sites for hydroxylation is 2. The van der Waals surface area contributed by atoms with Crippen LogP contribution in [-0.4, -0.2) is 105 Å². The summed E-state index contributed by atoms with van der Waals surface area (Å²) in [6.07, 6.45) is -10.7. The van der Waals surface area contributed by atoms with Crippen LogP contribution in [0.4, 0.5) is 8.78 Å². The first-order chi connectivity index (χ1) is 20.0. The molecule has 3 heterocycles. The van der Waals surface area contributed by atoms with Crippen LogP contribution in [-0.2, 0) is 22.4 Å². The van der Waals surface area contributed by atoms with Gasteiger partial charge in [0.1, 0.15) is 60.0 Å². The largest absolute Gasteiger partial charge is 0.487 e. The zero-order chi connectivity index (χ0) is 30.1. The number of rotatable bonds is 9. The minimum atomic E-state index is -1.93. The zero-order valence-corrected chi connectivity index (χ0v) is 22.3. The van der Waals surface area contributed by atoms with Gasteiger partial charge in [-0.05, 0) is 61.1 Å². The highest BCUT2D eigenvalue weighted by molar-refractivity contribution is 5.73. The van der Waals surface area contributed by atoms with Gasteiger partial charge in [-0.15, -0.1) is 0 Å². The molecule has 1 fully saturated rings. The van der Waals surface area contributed by atoms with Crippen LogP contribution in [0.15, 0.2) is 30.3 Å². The highest BCUT2D eigenvalue weighted by atomic mass is 19.1. The Morgan fingerprint density at radius 1 is 0.905 bits per heavy atom. The van der Waals surface area contributed by atoms with Crippen molar-refractivity contribution in [3.05, 3.63) is 53.1 Å². The van der Waals surface area contributed by atoms with Crippen molar-refractivity contribution in [3.8, 4) is 17.2 Å².